The molecule has 1 atom stereocenters. The van der Waals surface area contributed by atoms with E-state index in [0.29, 0.717) is 24.3 Å². The first-order valence-electron chi connectivity index (χ1n) is 9.86. The summed E-state index contributed by atoms with van der Waals surface area (Å²) in [6.45, 7) is 0. The number of primary amides is 2. The highest BCUT2D eigenvalue weighted by Gasteiger charge is 2.19. The van der Waals surface area contributed by atoms with Crippen molar-refractivity contribution in [3.8, 4) is 0 Å². The van der Waals surface area contributed by atoms with E-state index >= 15 is 0 Å². The van der Waals surface area contributed by atoms with Gasteiger partial charge in [-0.2, -0.15) is 0 Å². The molecule has 2 amide bonds. The molecule has 0 aliphatic carbocycles. The molecule has 0 saturated heterocycles. The predicted octanol–water partition coefficient (Wildman–Crippen LogP) is 2.83. The van der Waals surface area contributed by atoms with Crippen LogP contribution in [0.15, 0.2) is 60.2 Å². The van der Waals surface area contributed by atoms with Crippen LogP contribution in [-0.2, 0) is 11.2 Å². The van der Waals surface area contributed by atoms with Gasteiger partial charge in [0.15, 0.2) is 11.5 Å². The van der Waals surface area contributed by atoms with E-state index in [4.69, 9.17) is 11.5 Å². The van der Waals surface area contributed by atoms with Crippen molar-refractivity contribution in [1.29, 1.82) is 0 Å². The maximum Gasteiger partial charge on any atom is 0.271 e. The smallest absolute Gasteiger partial charge is 0.271 e. The summed E-state index contributed by atoms with van der Waals surface area (Å²) in [5.74, 6) is -0.751. The first-order valence-corrected chi connectivity index (χ1v) is 10.7. The van der Waals surface area contributed by atoms with Crippen LogP contribution >= 0.6 is 11.3 Å². The summed E-state index contributed by atoms with van der Waals surface area (Å²) in [4.78, 5) is 37.8. The summed E-state index contributed by atoms with van der Waals surface area (Å²) in [6, 6.07) is 12.6. The quantitative estimate of drug-likeness (QED) is 0.308. The van der Waals surface area contributed by atoms with Gasteiger partial charge in [-0.1, -0.05) is 12.1 Å². The Balaban J connectivity index is 1.57. The summed E-state index contributed by atoms with van der Waals surface area (Å²) < 4.78 is 0. The molecule has 0 fully saturated rings. The molecule has 3 heterocycles. The fourth-order valence-corrected chi connectivity index (χ4v) is 3.95. The first kappa shape index (κ1) is 21.2. The number of hydrogen-bond donors (Lipinski definition) is 4. The van der Waals surface area contributed by atoms with Crippen molar-refractivity contribution in [2.24, 2.45) is 11.5 Å². The third-order valence-corrected chi connectivity index (χ3v) is 5.73. The van der Waals surface area contributed by atoms with Gasteiger partial charge in [-0.3, -0.25) is 14.6 Å². The summed E-state index contributed by atoms with van der Waals surface area (Å²) in [6.07, 6.45) is 4.27. The largest absolute Gasteiger partial charge is 0.368 e. The van der Waals surface area contributed by atoms with Crippen LogP contribution in [0.25, 0.3) is 10.9 Å². The van der Waals surface area contributed by atoms with Gasteiger partial charge in [0.05, 0.1) is 11.7 Å². The molecule has 1 unspecified atom stereocenters. The van der Waals surface area contributed by atoms with Gasteiger partial charge in [0.25, 0.3) is 5.91 Å². The number of pyridine rings is 1. The molecule has 1 aromatic carbocycles. The van der Waals surface area contributed by atoms with Crippen LogP contribution < -0.4 is 22.1 Å². The lowest BCUT2D eigenvalue weighted by molar-refractivity contribution is -0.118. The van der Waals surface area contributed by atoms with Crippen LogP contribution in [0.2, 0.25) is 0 Å². The minimum absolute atomic E-state index is 0.0176. The van der Waals surface area contributed by atoms with E-state index in [2.05, 4.69) is 25.6 Å². The van der Waals surface area contributed by atoms with Crippen LogP contribution in [-0.4, -0.2) is 32.8 Å². The molecule has 6 N–H and O–H groups in total. The van der Waals surface area contributed by atoms with Gasteiger partial charge in [0, 0.05) is 22.1 Å². The van der Waals surface area contributed by atoms with Gasteiger partial charge in [-0.05, 0) is 48.6 Å². The minimum Gasteiger partial charge on any atom is -0.368 e. The van der Waals surface area contributed by atoms with Crippen molar-refractivity contribution < 1.29 is 9.59 Å². The van der Waals surface area contributed by atoms with Crippen molar-refractivity contribution >= 4 is 51.4 Å². The zero-order chi connectivity index (χ0) is 22.5. The van der Waals surface area contributed by atoms with Crippen LogP contribution in [0.5, 0.6) is 0 Å². The number of thiophene rings is 1. The molecule has 0 radical (unpaired) electrons. The highest BCUT2D eigenvalue weighted by molar-refractivity contribution is 7.09. The minimum atomic E-state index is -0.724. The molecular weight excluding hydrogens is 426 g/mol. The number of hydrogen-bond acceptors (Lipinski definition) is 8. The van der Waals surface area contributed by atoms with Crippen molar-refractivity contribution in [1.82, 2.24) is 15.0 Å². The van der Waals surface area contributed by atoms with E-state index < -0.39 is 17.9 Å². The zero-order valence-corrected chi connectivity index (χ0v) is 17.8. The number of carbonyl (C=O) groups is 2. The Morgan fingerprint density at radius 1 is 1.09 bits per heavy atom. The van der Waals surface area contributed by atoms with Gasteiger partial charge in [0.1, 0.15) is 11.9 Å². The monoisotopic (exact) mass is 447 g/mol. The number of fused-ring (bicyclic) bond motifs is 1. The fraction of sp³-hybridized carbons (Fsp3) is 0.136. The molecule has 0 spiro atoms. The summed E-state index contributed by atoms with van der Waals surface area (Å²) >= 11 is 1.62. The summed E-state index contributed by atoms with van der Waals surface area (Å²) in [5.41, 5.74) is 12.6. The molecule has 162 valence electrons. The number of carbonyl (C=O) groups excluding carboxylic acids is 2. The molecule has 0 aliphatic rings. The number of nitrogens with two attached hydrogens (primary N) is 2. The number of anilines is 3. The van der Waals surface area contributed by atoms with Gasteiger partial charge in [0.2, 0.25) is 5.91 Å². The van der Waals surface area contributed by atoms with E-state index in [1.807, 2.05) is 47.8 Å². The van der Waals surface area contributed by atoms with Crippen molar-refractivity contribution in [2.75, 3.05) is 10.6 Å². The summed E-state index contributed by atoms with van der Waals surface area (Å²) in [7, 11) is 0. The third kappa shape index (κ3) is 4.98. The Labute approximate surface area is 187 Å². The van der Waals surface area contributed by atoms with E-state index in [1.165, 1.54) is 6.20 Å². The van der Waals surface area contributed by atoms with E-state index in [1.54, 1.807) is 17.5 Å². The lowest BCUT2D eigenvalue weighted by Crippen LogP contribution is -2.36. The lowest BCUT2D eigenvalue weighted by Gasteiger charge is -2.17. The molecule has 9 nitrogen and oxygen atoms in total. The Bertz CT molecular complexity index is 1260. The molecule has 3 aromatic heterocycles. The Morgan fingerprint density at radius 3 is 2.72 bits per heavy atom. The zero-order valence-electron chi connectivity index (χ0n) is 17.0. The van der Waals surface area contributed by atoms with Crippen LogP contribution in [0, 0.1) is 0 Å². The van der Waals surface area contributed by atoms with Crippen LogP contribution in [0.1, 0.15) is 21.8 Å². The highest BCUT2D eigenvalue weighted by atomic mass is 32.1. The molecule has 4 rings (SSSR count). The van der Waals surface area contributed by atoms with Crippen LogP contribution in [0.4, 0.5) is 17.3 Å². The molecule has 0 saturated carbocycles. The Kier molecular flexibility index (Phi) is 6.22. The van der Waals surface area contributed by atoms with Crippen molar-refractivity contribution in [3.63, 3.8) is 0 Å². The number of rotatable bonds is 9. The third-order valence-electron chi connectivity index (χ3n) is 4.80. The average Bonchev–Trinajstić information content (AvgIpc) is 3.30. The number of aromatic nitrogens is 3. The normalized spacial score (nSPS) is 11.8. The van der Waals surface area contributed by atoms with Gasteiger partial charge >= 0.3 is 0 Å². The van der Waals surface area contributed by atoms with Gasteiger partial charge in [-0.25, -0.2) is 9.97 Å². The van der Waals surface area contributed by atoms with E-state index in [9.17, 15) is 9.59 Å². The molecule has 0 bridgehead atoms. The van der Waals surface area contributed by atoms with Gasteiger partial charge < -0.3 is 22.1 Å². The number of benzene rings is 1. The second kappa shape index (κ2) is 9.40. The second-order valence-corrected chi connectivity index (χ2v) is 8.10. The second-order valence-electron chi connectivity index (χ2n) is 7.07. The number of nitrogens with zero attached hydrogens (tertiary/aromatic N) is 3. The van der Waals surface area contributed by atoms with Crippen LogP contribution in [0.3, 0.4) is 0 Å². The predicted molar refractivity (Wildman–Crippen MR) is 125 cm³/mol. The Hall–Kier alpha value is -4.05. The molecule has 10 heteroatoms. The SMILES string of the molecule is NC(=O)c1ncc(NC(CCc2cccs2)C(N)=O)nc1Nc1ccc2ncccc2c1. The van der Waals surface area contributed by atoms with E-state index in [0.717, 1.165) is 15.8 Å². The first-order chi connectivity index (χ1) is 15.5. The standard InChI is InChI=1S/C22H21N7O2S/c23-20(30)17(8-6-15-4-2-10-32-15)28-18-12-26-19(21(24)31)22(29-18)27-14-5-7-16-13(11-14)3-1-9-25-16/h1-5,7,9-12,17H,6,8H2,(H2,23,30)(H2,24,31)(H2,27,28,29). The Morgan fingerprint density at radius 2 is 1.97 bits per heavy atom. The maximum atomic E-state index is 12.0. The fourth-order valence-electron chi connectivity index (χ4n) is 3.22. The number of nitrogens with one attached hydrogen (secondary N) is 2. The summed E-state index contributed by atoms with van der Waals surface area (Å²) in [5, 5.41) is 9.01. The van der Waals surface area contributed by atoms with E-state index in [-0.39, 0.29) is 11.5 Å². The van der Waals surface area contributed by atoms with Crippen molar-refractivity contribution in [2.45, 2.75) is 18.9 Å². The molecule has 0 aliphatic heterocycles. The topological polar surface area (TPSA) is 149 Å². The van der Waals surface area contributed by atoms with Crippen molar-refractivity contribution in [3.05, 3.63) is 70.8 Å². The maximum absolute atomic E-state index is 12.0. The molecule has 32 heavy (non-hydrogen) atoms. The average molecular weight is 448 g/mol. The number of amides is 2. The lowest BCUT2D eigenvalue weighted by atomic mass is 10.1. The van der Waals surface area contributed by atoms with Gasteiger partial charge in [-0.15, -0.1) is 11.3 Å². The number of aryl methyl sites for hydroxylation is 1. The molecule has 4 aromatic rings. The highest BCUT2D eigenvalue weighted by Crippen LogP contribution is 2.23. The molecular formula is C22H21N7O2S.